The molecule has 6 nitrogen and oxygen atoms in total. The Bertz CT molecular complexity index is 996. The normalized spacial score (nSPS) is 15.3. The van der Waals surface area contributed by atoms with E-state index in [0.717, 1.165) is 11.1 Å². The molecule has 1 saturated carbocycles. The lowest BCUT2D eigenvalue weighted by atomic mass is 9.86. The van der Waals surface area contributed by atoms with E-state index in [9.17, 15) is 20.0 Å². The van der Waals surface area contributed by atoms with Crippen LogP contribution in [0.4, 0.5) is 0 Å². The minimum absolute atomic E-state index is 0.167. The highest BCUT2D eigenvalue weighted by Gasteiger charge is 2.52. The molecule has 2 aromatic rings. The van der Waals surface area contributed by atoms with E-state index in [4.69, 9.17) is 5.73 Å². The largest absolute Gasteiger partial charge is 0.478 e. The zero-order valence-corrected chi connectivity index (χ0v) is 15.6. The van der Waals surface area contributed by atoms with E-state index < -0.39 is 17.3 Å². The second-order valence-electron chi connectivity index (χ2n) is 6.95. The molecule has 1 amide bonds. The van der Waals surface area contributed by atoms with Crippen molar-refractivity contribution in [3.05, 3.63) is 64.9 Å². The fourth-order valence-electron chi connectivity index (χ4n) is 3.67. The molecule has 1 aromatic heterocycles. The van der Waals surface area contributed by atoms with Crippen molar-refractivity contribution in [3.8, 4) is 17.3 Å². The molecule has 1 aliphatic carbocycles. The fraction of sp³-hybridized carbons (Fsp3) is 0.273. The third-order valence-electron chi connectivity index (χ3n) is 5.30. The number of benzene rings is 1. The van der Waals surface area contributed by atoms with E-state index in [1.165, 1.54) is 0 Å². The highest BCUT2D eigenvalue weighted by molar-refractivity contribution is 5.94. The van der Waals surface area contributed by atoms with Crippen LogP contribution in [0, 0.1) is 16.7 Å². The Morgan fingerprint density at radius 3 is 2.46 bits per heavy atom. The van der Waals surface area contributed by atoms with Crippen LogP contribution in [0.25, 0.3) is 11.3 Å². The Labute approximate surface area is 163 Å². The molecule has 6 heteroatoms. The van der Waals surface area contributed by atoms with Gasteiger partial charge in [0.15, 0.2) is 0 Å². The molecule has 0 atom stereocenters. The van der Waals surface area contributed by atoms with Gasteiger partial charge in [0, 0.05) is 23.8 Å². The molecule has 3 N–H and O–H groups in total. The Balaban J connectivity index is 1.94. The number of nitrogens with two attached hydrogens (primary N) is 1. The molecule has 0 saturated heterocycles. The van der Waals surface area contributed by atoms with E-state index in [1.54, 1.807) is 30.5 Å². The van der Waals surface area contributed by atoms with E-state index in [-0.39, 0.29) is 12.0 Å². The zero-order chi connectivity index (χ0) is 20.3. The van der Waals surface area contributed by atoms with E-state index >= 15 is 0 Å². The van der Waals surface area contributed by atoms with Crippen LogP contribution < -0.4 is 5.73 Å². The number of nitriles is 1. The van der Waals surface area contributed by atoms with Gasteiger partial charge in [-0.25, -0.2) is 4.79 Å². The van der Waals surface area contributed by atoms with Gasteiger partial charge in [-0.2, -0.15) is 5.26 Å². The lowest BCUT2D eigenvalue weighted by Gasteiger charge is -2.18. The minimum Gasteiger partial charge on any atom is -0.478 e. The van der Waals surface area contributed by atoms with Gasteiger partial charge in [0.05, 0.1) is 22.7 Å². The van der Waals surface area contributed by atoms with Crippen molar-refractivity contribution in [1.82, 2.24) is 4.98 Å². The molecular formula is C22H21N3O3. The lowest BCUT2D eigenvalue weighted by Crippen LogP contribution is -2.28. The number of hydrogen-bond acceptors (Lipinski definition) is 4. The molecule has 0 bridgehead atoms. The summed E-state index contributed by atoms with van der Waals surface area (Å²) in [5.74, 6) is -1.49. The Hall–Kier alpha value is -3.46. The van der Waals surface area contributed by atoms with Crippen molar-refractivity contribution in [1.29, 1.82) is 5.26 Å². The lowest BCUT2D eigenvalue weighted by molar-refractivity contribution is -0.132. The first-order valence-corrected chi connectivity index (χ1v) is 9.13. The summed E-state index contributed by atoms with van der Waals surface area (Å²) in [4.78, 5) is 28.2. The molecule has 3 rings (SSSR count). The molecule has 0 spiro atoms. The molecule has 28 heavy (non-hydrogen) atoms. The molecule has 0 radical (unpaired) electrons. The molecular weight excluding hydrogens is 354 g/mol. The number of hydrogen-bond donors (Lipinski definition) is 2. The number of aliphatic carboxylic acids is 1. The number of carbonyl (C=O) groups is 2. The van der Waals surface area contributed by atoms with Crippen molar-refractivity contribution in [2.45, 2.75) is 32.6 Å². The first kappa shape index (κ1) is 19.3. The van der Waals surface area contributed by atoms with Crippen LogP contribution >= 0.6 is 0 Å². The van der Waals surface area contributed by atoms with Gasteiger partial charge in [-0.1, -0.05) is 31.2 Å². The van der Waals surface area contributed by atoms with E-state index in [1.807, 2.05) is 19.1 Å². The number of aromatic nitrogens is 1. The maximum absolute atomic E-state index is 11.9. The van der Waals surface area contributed by atoms with Crippen LogP contribution in [0.3, 0.4) is 0 Å². The molecule has 0 unspecified atom stereocenters. The van der Waals surface area contributed by atoms with Crippen LogP contribution in [0.1, 0.15) is 37.3 Å². The summed E-state index contributed by atoms with van der Waals surface area (Å²) < 4.78 is 0. The van der Waals surface area contributed by atoms with Gasteiger partial charge in [-0.05, 0) is 42.5 Å². The third kappa shape index (κ3) is 3.52. The summed E-state index contributed by atoms with van der Waals surface area (Å²) in [5, 5.41) is 19.0. The van der Waals surface area contributed by atoms with Crippen LogP contribution in [0.5, 0.6) is 0 Å². The summed E-state index contributed by atoms with van der Waals surface area (Å²) in [6.45, 7) is 1.85. The van der Waals surface area contributed by atoms with Crippen molar-refractivity contribution >= 4 is 11.9 Å². The highest BCUT2D eigenvalue weighted by atomic mass is 16.4. The number of rotatable bonds is 7. The van der Waals surface area contributed by atoms with Gasteiger partial charge in [-0.15, -0.1) is 0 Å². The first-order chi connectivity index (χ1) is 13.4. The smallest absolute Gasteiger partial charge is 0.331 e. The summed E-state index contributed by atoms with van der Waals surface area (Å²) in [6.07, 6.45) is 3.45. The maximum Gasteiger partial charge on any atom is 0.331 e. The summed E-state index contributed by atoms with van der Waals surface area (Å²) in [5.41, 5.74) is 8.20. The number of nitrogens with zero attached hydrogens (tertiary/aromatic N) is 2. The highest BCUT2D eigenvalue weighted by Crippen LogP contribution is 2.54. The Morgan fingerprint density at radius 2 is 1.96 bits per heavy atom. The van der Waals surface area contributed by atoms with E-state index in [2.05, 4.69) is 11.1 Å². The number of carboxylic acids is 1. The van der Waals surface area contributed by atoms with Crippen molar-refractivity contribution in [2.24, 2.45) is 11.1 Å². The Kier molecular flexibility index (Phi) is 5.27. The summed E-state index contributed by atoms with van der Waals surface area (Å²) in [6, 6.07) is 12.9. The van der Waals surface area contributed by atoms with Crippen LogP contribution in [0.2, 0.25) is 0 Å². The molecule has 142 valence electrons. The predicted molar refractivity (Wildman–Crippen MR) is 104 cm³/mol. The number of carbonyl (C=O) groups excluding carboxylic acids is 1. The fourth-order valence-corrected chi connectivity index (χ4v) is 3.67. The van der Waals surface area contributed by atoms with Crippen molar-refractivity contribution < 1.29 is 14.7 Å². The SMILES string of the molecule is CC/C(=C(/Cc1ccc(-c2ccccc2C#N)nc1)C(=O)O)C1(C(N)=O)CC1. The molecule has 1 heterocycles. The van der Waals surface area contributed by atoms with Crippen LogP contribution in [0.15, 0.2) is 53.7 Å². The second kappa shape index (κ2) is 7.65. The van der Waals surface area contributed by atoms with Crippen LogP contribution in [-0.4, -0.2) is 22.0 Å². The van der Waals surface area contributed by atoms with Gasteiger partial charge in [0.2, 0.25) is 5.91 Å². The number of primary amides is 1. The van der Waals surface area contributed by atoms with Crippen molar-refractivity contribution in [2.75, 3.05) is 0 Å². The van der Waals surface area contributed by atoms with Gasteiger partial charge < -0.3 is 10.8 Å². The van der Waals surface area contributed by atoms with Crippen LogP contribution in [-0.2, 0) is 16.0 Å². The van der Waals surface area contributed by atoms with Gasteiger partial charge >= 0.3 is 5.97 Å². The Morgan fingerprint density at radius 1 is 1.25 bits per heavy atom. The molecule has 1 fully saturated rings. The summed E-state index contributed by atoms with van der Waals surface area (Å²) >= 11 is 0. The van der Waals surface area contributed by atoms with Gasteiger partial charge in [-0.3, -0.25) is 9.78 Å². The predicted octanol–water partition coefficient (Wildman–Crippen LogP) is 3.22. The first-order valence-electron chi connectivity index (χ1n) is 9.13. The maximum atomic E-state index is 11.9. The molecule has 1 aromatic carbocycles. The quantitative estimate of drug-likeness (QED) is 0.721. The third-order valence-corrected chi connectivity index (χ3v) is 5.30. The number of pyridine rings is 1. The monoisotopic (exact) mass is 375 g/mol. The average Bonchev–Trinajstić information content (AvgIpc) is 3.50. The van der Waals surface area contributed by atoms with Crippen molar-refractivity contribution in [3.63, 3.8) is 0 Å². The number of carboxylic acid groups (broad SMARTS) is 1. The average molecular weight is 375 g/mol. The number of amides is 1. The topological polar surface area (TPSA) is 117 Å². The minimum atomic E-state index is -1.04. The zero-order valence-electron chi connectivity index (χ0n) is 15.6. The summed E-state index contributed by atoms with van der Waals surface area (Å²) in [7, 11) is 0. The molecule has 1 aliphatic rings. The van der Waals surface area contributed by atoms with Gasteiger partial charge in [0.25, 0.3) is 0 Å². The van der Waals surface area contributed by atoms with Gasteiger partial charge in [0.1, 0.15) is 0 Å². The standard InChI is InChI=1S/C22H21N3O3/c1-2-18(22(9-10-22)21(24)28)17(20(26)27)11-14-7-8-19(25-13-14)16-6-4-3-5-15(16)12-23/h3-8,13H,2,9-11H2,1H3,(H2,24,28)(H,26,27)/b18-17+. The second-order valence-corrected chi connectivity index (χ2v) is 6.95. The van der Waals surface area contributed by atoms with E-state index in [0.29, 0.717) is 36.1 Å². The molecule has 0 aliphatic heterocycles.